The number of carbonyl (C=O) groups is 1. The molecule has 2 aromatic carbocycles. The third-order valence-electron chi connectivity index (χ3n) is 8.24. The Kier molecular flexibility index (Phi) is 8.01. The Morgan fingerprint density at radius 2 is 1.74 bits per heavy atom. The predicted molar refractivity (Wildman–Crippen MR) is 146 cm³/mol. The number of likely N-dealkylation sites (tertiary alicyclic amines) is 1. The molecule has 2 fully saturated rings. The third kappa shape index (κ3) is 5.48. The Hall–Kier alpha value is -2.59. The van der Waals surface area contributed by atoms with Crippen molar-refractivity contribution in [3.8, 4) is 0 Å². The van der Waals surface area contributed by atoms with Crippen LogP contribution in [0.3, 0.4) is 0 Å². The van der Waals surface area contributed by atoms with E-state index in [-0.39, 0.29) is 17.9 Å². The van der Waals surface area contributed by atoms with E-state index in [2.05, 4.69) is 81.1 Å². The van der Waals surface area contributed by atoms with Crippen molar-refractivity contribution in [3.05, 3.63) is 71.3 Å². The zero-order valence-electron chi connectivity index (χ0n) is 21.9. The molecule has 1 N–H and O–H groups in total. The second kappa shape index (κ2) is 11.0. The number of anilines is 1. The molecule has 0 aromatic heterocycles. The smallest absolute Gasteiger partial charge is 0.247 e. The average Bonchev–Trinajstić information content (AvgIpc) is 2.87. The van der Waals surface area contributed by atoms with Gasteiger partial charge in [0.25, 0.3) is 0 Å². The summed E-state index contributed by atoms with van der Waals surface area (Å²) in [7, 11) is 0. The summed E-state index contributed by atoms with van der Waals surface area (Å²) in [4.78, 5) is 17.9. The number of amides is 1. The standard InChI is InChI=1S/C31H42N2O2/c1-5-32(6-2)27-17-15-26(16-18-27)30-28-9-7-8-20-31(28,35)21-22-33(30)29(34)19-12-24-10-13-25(14-11-24)23(3)4/h10-19,23,28,30,35H,5-9,20-22H2,1-4H3/b19-12+/t28-,30-,31+/m1/s1. The summed E-state index contributed by atoms with van der Waals surface area (Å²) >= 11 is 0. The van der Waals surface area contributed by atoms with Gasteiger partial charge in [0.1, 0.15) is 0 Å². The molecule has 1 saturated carbocycles. The Morgan fingerprint density at radius 3 is 2.37 bits per heavy atom. The molecule has 4 nitrogen and oxygen atoms in total. The number of benzene rings is 2. The molecule has 2 aliphatic rings. The lowest BCUT2D eigenvalue weighted by molar-refractivity contribution is -0.150. The molecule has 3 atom stereocenters. The highest BCUT2D eigenvalue weighted by atomic mass is 16.3. The van der Waals surface area contributed by atoms with Crippen LogP contribution in [-0.4, -0.2) is 41.1 Å². The van der Waals surface area contributed by atoms with Crippen molar-refractivity contribution in [2.24, 2.45) is 5.92 Å². The molecule has 4 heteroatoms. The van der Waals surface area contributed by atoms with Crippen LogP contribution in [0, 0.1) is 5.92 Å². The fourth-order valence-electron chi connectivity index (χ4n) is 6.07. The SMILES string of the molecule is CCN(CC)c1ccc([C@@H]2[C@H]3CCCC[C@]3(O)CCN2C(=O)/C=C/c2ccc(C(C)C)cc2)cc1. The molecule has 1 aliphatic heterocycles. The van der Waals surface area contributed by atoms with E-state index < -0.39 is 5.60 Å². The van der Waals surface area contributed by atoms with Gasteiger partial charge >= 0.3 is 0 Å². The molecule has 0 spiro atoms. The lowest BCUT2D eigenvalue weighted by Crippen LogP contribution is -2.56. The summed E-state index contributed by atoms with van der Waals surface area (Å²) in [5, 5.41) is 11.6. The number of rotatable bonds is 7. The molecule has 35 heavy (non-hydrogen) atoms. The molecular weight excluding hydrogens is 432 g/mol. The third-order valence-corrected chi connectivity index (χ3v) is 8.24. The van der Waals surface area contributed by atoms with E-state index in [0.717, 1.165) is 49.9 Å². The van der Waals surface area contributed by atoms with Crippen molar-refractivity contribution < 1.29 is 9.90 Å². The quantitative estimate of drug-likeness (QED) is 0.462. The number of hydrogen-bond acceptors (Lipinski definition) is 3. The van der Waals surface area contributed by atoms with Crippen molar-refractivity contribution >= 4 is 17.7 Å². The van der Waals surface area contributed by atoms with Crippen molar-refractivity contribution in [2.45, 2.75) is 77.4 Å². The zero-order chi connectivity index (χ0) is 25.0. The first-order valence-corrected chi connectivity index (χ1v) is 13.5. The molecule has 4 rings (SSSR count). The summed E-state index contributed by atoms with van der Waals surface area (Å²) in [5.41, 5.74) is 4.00. The number of fused-ring (bicyclic) bond motifs is 1. The van der Waals surface area contributed by atoms with Gasteiger partial charge in [-0.3, -0.25) is 4.79 Å². The van der Waals surface area contributed by atoms with Crippen LogP contribution in [0.4, 0.5) is 5.69 Å². The van der Waals surface area contributed by atoms with Gasteiger partial charge in [-0.15, -0.1) is 0 Å². The van der Waals surface area contributed by atoms with Gasteiger partial charge in [-0.1, -0.05) is 63.1 Å². The monoisotopic (exact) mass is 474 g/mol. The fourth-order valence-corrected chi connectivity index (χ4v) is 6.07. The van der Waals surface area contributed by atoms with Gasteiger partial charge in [0, 0.05) is 37.3 Å². The van der Waals surface area contributed by atoms with Gasteiger partial charge in [-0.05, 0) is 73.9 Å². The van der Waals surface area contributed by atoms with Gasteiger partial charge in [0.2, 0.25) is 5.91 Å². The molecule has 1 heterocycles. The van der Waals surface area contributed by atoms with Crippen molar-refractivity contribution in [3.63, 3.8) is 0 Å². The fraction of sp³-hybridized carbons (Fsp3) is 0.516. The first kappa shape index (κ1) is 25.5. The minimum absolute atomic E-state index is 0.0309. The lowest BCUT2D eigenvalue weighted by atomic mass is 9.66. The summed E-state index contributed by atoms with van der Waals surface area (Å²) in [5.74, 6) is 0.599. The lowest BCUT2D eigenvalue weighted by Gasteiger charge is -2.52. The summed E-state index contributed by atoms with van der Waals surface area (Å²) in [6.45, 7) is 11.2. The second-order valence-corrected chi connectivity index (χ2v) is 10.6. The Labute approximate surface area is 211 Å². The highest BCUT2D eigenvalue weighted by Crippen LogP contribution is 2.49. The normalized spacial score (nSPS) is 24.6. The van der Waals surface area contributed by atoms with Crippen molar-refractivity contribution in [1.29, 1.82) is 0 Å². The van der Waals surface area contributed by atoms with Gasteiger partial charge in [0.05, 0.1) is 11.6 Å². The maximum atomic E-state index is 13.5. The van der Waals surface area contributed by atoms with Crippen LogP contribution < -0.4 is 4.90 Å². The zero-order valence-corrected chi connectivity index (χ0v) is 21.9. The topological polar surface area (TPSA) is 43.8 Å². The first-order chi connectivity index (χ1) is 16.9. The van der Waals surface area contributed by atoms with Crippen LogP contribution in [0.25, 0.3) is 6.08 Å². The van der Waals surface area contributed by atoms with Crippen molar-refractivity contribution in [2.75, 3.05) is 24.5 Å². The molecule has 1 aliphatic carbocycles. The number of carbonyl (C=O) groups excluding carboxylic acids is 1. The second-order valence-electron chi connectivity index (χ2n) is 10.6. The number of nitrogens with zero attached hydrogens (tertiary/aromatic N) is 2. The summed E-state index contributed by atoms with van der Waals surface area (Å²) in [6, 6.07) is 17.0. The van der Waals surface area contributed by atoms with Crippen LogP contribution in [0.15, 0.2) is 54.6 Å². The van der Waals surface area contributed by atoms with Gasteiger partial charge < -0.3 is 14.9 Å². The number of hydrogen-bond donors (Lipinski definition) is 1. The van der Waals surface area contributed by atoms with E-state index in [0.29, 0.717) is 18.9 Å². The first-order valence-electron chi connectivity index (χ1n) is 13.5. The van der Waals surface area contributed by atoms with Crippen LogP contribution in [0.5, 0.6) is 0 Å². The van der Waals surface area contributed by atoms with E-state index in [9.17, 15) is 9.90 Å². The Balaban J connectivity index is 1.61. The van der Waals surface area contributed by atoms with Crippen LogP contribution in [-0.2, 0) is 4.79 Å². The molecule has 2 aromatic rings. The Bertz CT molecular complexity index is 1010. The van der Waals surface area contributed by atoms with E-state index >= 15 is 0 Å². The average molecular weight is 475 g/mol. The van der Waals surface area contributed by atoms with Gasteiger partial charge in [0.15, 0.2) is 0 Å². The largest absolute Gasteiger partial charge is 0.389 e. The highest BCUT2D eigenvalue weighted by molar-refractivity contribution is 5.92. The maximum absolute atomic E-state index is 13.5. The van der Waals surface area contributed by atoms with Crippen molar-refractivity contribution in [1.82, 2.24) is 4.90 Å². The molecule has 0 radical (unpaired) electrons. The van der Waals surface area contributed by atoms with E-state index in [1.807, 2.05) is 11.0 Å². The van der Waals surface area contributed by atoms with Crippen LogP contribution in [0.1, 0.15) is 88.4 Å². The van der Waals surface area contributed by atoms with E-state index in [1.165, 1.54) is 11.3 Å². The van der Waals surface area contributed by atoms with E-state index in [4.69, 9.17) is 0 Å². The Morgan fingerprint density at radius 1 is 1.06 bits per heavy atom. The van der Waals surface area contributed by atoms with Crippen LogP contribution in [0.2, 0.25) is 0 Å². The van der Waals surface area contributed by atoms with Crippen LogP contribution >= 0.6 is 0 Å². The number of aliphatic hydroxyl groups is 1. The minimum Gasteiger partial charge on any atom is -0.389 e. The maximum Gasteiger partial charge on any atom is 0.247 e. The predicted octanol–water partition coefficient (Wildman–Crippen LogP) is 6.56. The van der Waals surface area contributed by atoms with E-state index in [1.54, 1.807) is 6.08 Å². The van der Waals surface area contributed by atoms with Gasteiger partial charge in [-0.25, -0.2) is 0 Å². The molecule has 188 valence electrons. The summed E-state index contributed by atoms with van der Waals surface area (Å²) in [6.07, 6.45) is 8.29. The molecular formula is C31H42N2O2. The molecule has 0 bridgehead atoms. The number of piperidine rings is 1. The molecule has 1 saturated heterocycles. The minimum atomic E-state index is -0.673. The summed E-state index contributed by atoms with van der Waals surface area (Å²) < 4.78 is 0. The highest BCUT2D eigenvalue weighted by Gasteiger charge is 2.49. The molecule has 0 unspecified atom stereocenters. The molecule has 1 amide bonds. The van der Waals surface area contributed by atoms with Gasteiger partial charge in [-0.2, -0.15) is 0 Å².